The largest absolute Gasteiger partial charge is 0.384 e. The zero-order valence-electron chi connectivity index (χ0n) is 12.2. The highest BCUT2D eigenvalue weighted by molar-refractivity contribution is 5.75. The summed E-state index contributed by atoms with van der Waals surface area (Å²) in [7, 11) is 3.66. The van der Waals surface area contributed by atoms with Gasteiger partial charge in [-0.3, -0.25) is 4.68 Å². The Bertz CT molecular complexity index is 493. The number of carbonyl (C=O) groups is 1. The third-order valence-corrected chi connectivity index (χ3v) is 4.27. The lowest BCUT2D eigenvalue weighted by Gasteiger charge is -2.35. The fourth-order valence-electron chi connectivity index (χ4n) is 3.35. The fourth-order valence-corrected chi connectivity index (χ4v) is 3.35. The average Bonchev–Trinajstić information content (AvgIpc) is 3.08. The van der Waals surface area contributed by atoms with Crippen LogP contribution in [-0.2, 0) is 18.3 Å². The standard InChI is InChI=1S/C14H22N4O2/c1-16-13-11(7-15-16)8-18(9-12(13)10-20-2)14(19)17-5-3-4-6-17/h7,12H,3-6,8-10H2,1-2H3/t12-/m1/s1. The van der Waals surface area contributed by atoms with E-state index in [-0.39, 0.29) is 11.9 Å². The third kappa shape index (κ3) is 2.28. The van der Waals surface area contributed by atoms with Crippen LogP contribution in [0.1, 0.15) is 30.0 Å². The minimum atomic E-state index is 0.165. The SMILES string of the molecule is COC[C@H]1CN(C(=O)N2CCCC2)Cc2cnn(C)c21. The molecule has 0 saturated carbocycles. The number of nitrogens with zero attached hydrogens (tertiary/aromatic N) is 4. The van der Waals surface area contributed by atoms with Crippen LogP contribution in [0.2, 0.25) is 0 Å². The number of ether oxygens (including phenoxy) is 1. The molecule has 2 amide bonds. The Morgan fingerprint density at radius 1 is 1.40 bits per heavy atom. The van der Waals surface area contributed by atoms with Crippen molar-refractivity contribution in [1.82, 2.24) is 19.6 Å². The maximum atomic E-state index is 12.6. The number of hydrogen-bond acceptors (Lipinski definition) is 3. The molecule has 3 rings (SSSR count). The number of amides is 2. The Kier molecular flexibility index (Phi) is 3.65. The number of fused-ring (bicyclic) bond motifs is 1. The molecular formula is C14H22N4O2. The second kappa shape index (κ2) is 5.44. The quantitative estimate of drug-likeness (QED) is 0.816. The van der Waals surface area contributed by atoms with Gasteiger partial charge in [0.05, 0.1) is 25.0 Å². The summed E-state index contributed by atoms with van der Waals surface area (Å²) in [5.41, 5.74) is 2.35. The van der Waals surface area contributed by atoms with E-state index in [4.69, 9.17) is 4.74 Å². The summed E-state index contributed by atoms with van der Waals surface area (Å²) in [6, 6.07) is 0.165. The molecule has 6 heteroatoms. The van der Waals surface area contributed by atoms with Gasteiger partial charge in [0.25, 0.3) is 0 Å². The van der Waals surface area contributed by atoms with E-state index < -0.39 is 0 Å². The smallest absolute Gasteiger partial charge is 0.320 e. The van der Waals surface area contributed by atoms with Gasteiger partial charge in [-0.25, -0.2) is 4.79 Å². The molecule has 110 valence electrons. The molecule has 1 aromatic heterocycles. The molecule has 3 heterocycles. The number of aryl methyl sites for hydroxylation is 1. The summed E-state index contributed by atoms with van der Waals surface area (Å²) in [5.74, 6) is 0.211. The summed E-state index contributed by atoms with van der Waals surface area (Å²) in [4.78, 5) is 16.5. The van der Waals surface area contributed by atoms with E-state index in [9.17, 15) is 4.79 Å². The Morgan fingerprint density at radius 2 is 2.15 bits per heavy atom. The highest BCUT2D eigenvalue weighted by Crippen LogP contribution is 2.29. The Labute approximate surface area is 119 Å². The van der Waals surface area contributed by atoms with Crippen LogP contribution in [0.5, 0.6) is 0 Å². The van der Waals surface area contributed by atoms with Gasteiger partial charge in [0.2, 0.25) is 0 Å². The van der Waals surface area contributed by atoms with Gasteiger partial charge in [0.15, 0.2) is 0 Å². The minimum Gasteiger partial charge on any atom is -0.384 e. The molecule has 1 fully saturated rings. The van der Waals surface area contributed by atoms with Crippen molar-refractivity contribution in [3.63, 3.8) is 0 Å². The summed E-state index contributed by atoms with van der Waals surface area (Å²) in [6.45, 7) is 3.79. The van der Waals surface area contributed by atoms with Crippen LogP contribution in [0.15, 0.2) is 6.20 Å². The van der Waals surface area contributed by atoms with E-state index in [0.717, 1.165) is 38.0 Å². The molecule has 0 unspecified atom stereocenters. The highest BCUT2D eigenvalue weighted by atomic mass is 16.5. The lowest BCUT2D eigenvalue weighted by Crippen LogP contribution is -2.46. The fraction of sp³-hybridized carbons (Fsp3) is 0.714. The third-order valence-electron chi connectivity index (χ3n) is 4.27. The Hall–Kier alpha value is -1.56. The van der Waals surface area contributed by atoms with Gasteiger partial charge >= 0.3 is 6.03 Å². The number of urea groups is 1. The van der Waals surface area contributed by atoms with Gasteiger partial charge in [0, 0.05) is 45.3 Å². The van der Waals surface area contributed by atoms with Crippen LogP contribution in [0.25, 0.3) is 0 Å². The molecule has 0 N–H and O–H groups in total. The van der Waals surface area contributed by atoms with Crippen LogP contribution < -0.4 is 0 Å². The second-order valence-corrected chi connectivity index (χ2v) is 5.69. The molecule has 2 aliphatic heterocycles. The summed E-state index contributed by atoms with van der Waals surface area (Å²) >= 11 is 0. The molecule has 6 nitrogen and oxygen atoms in total. The minimum absolute atomic E-state index is 0.165. The van der Waals surface area contributed by atoms with Crippen molar-refractivity contribution in [3.8, 4) is 0 Å². The highest BCUT2D eigenvalue weighted by Gasteiger charge is 2.33. The van der Waals surface area contributed by atoms with Crippen LogP contribution in [0.4, 0.5) is 4.79 Å². The van der Waals surface area contributed by atoms with E-state index in [1.54, 1.807) is 7.11 Å². The average molecular weight is 278 g/mol. The van der Waals surface area contributed by atoms with Crippen molar-refractivity contribution in [2.75, 3.05) is 33.4 Å². The van der Waals surface area contributed by atoms with Crippen molar-refractivity contribution in [2.24, 2.45) is 7.05 Å². The molecule has 0 aromatic carbocycles. The van der Waals surface area contributed by atoms with Crippen LogP contribution in [0, 0.1) is 0 Å². The predicted octanol–water partition coefficient (Wildman–Crippen LogP) is 1.18. The molecule has 1 atom stereocenters. The maximum Gasteiger partial charge on any atom is 0.320 e. The first-order valence-corrected chi connectivity index (χ1v) is 7.24. The zero-order chi connectivity index (χ0) is 14.1. The van der Waals surface area contributed by atoms with Gasteiger partial charge in [-0.05, 0) is 12.8 Å². The molecule has 1 aromatic rings. The van der Waals surface area contributed by atoms with Gasteiger partial charge in [-0.2, -0.15) is 5.10 Å². The second-order valence-electron chi connectivity index (χ2n) is 5.69. The lowest BCUT2D eigenvalue weighted by molar-refractivity contribution is 0.124. The normalized spacial score (nSPS) is 22.2. The first-order chi connectivity index (χ1) is 9.70. The van der Waals surface area contributed by atoms with E-state index in [1.165, 1.54) is 5.69 Å². The number of aromatic nitrogens is 2. The lowest BCUT2D eigenvalue weighted by atomic mass is 9.97. The van der Waals surface area contributed by atoms with Crippen molar-refractivity contribution >= 4 is 6.03 Å². The van der Waals surface area contributed by atoms with Crippen LogP contribution >= 0.6 is 0 Å². The molecule has 20 heavy (non-hydrogen) atoms. The molecule has 0 bridgehead atoms. The van der Waals surface area contributed by atoms with Crippen LogP contribution in [-0.4, -0.2) is 59.0 Å². The number of likely N-dealkylation sites (tertiary alicyclic amines) is 1. The molecule has 0 spiro atoms. The van der Waals surface area contributed by atoms with Crippen molar-refractivity contribution in [2.45, 2.75) is 25.3 Å². The number of hydrogen-bond donors (Lipinski definition) is 0. The summed E-state index contributed by atoms with van der Waals surface area (Å²) in [5, 5.41) is 4.33. The summed E-state index contributed by atoms with van der Waals surface area (Å²) in [6.07, 6.45) is 4.12. The van der Waals surface area contributed by atoms with E-state index in [0.29, 0.717) is 13.2 Å². The van der Waals surface area contributed by atoms with Crippen molar-refractivity contribution in [3.05, 3.63) is 17.5 Å². The van der Waals surface area contributed by atoms with Crippen molar-refractivity contribution < 1.29 is 9.53 Å². The van der Waals surface area contributed by atoms with E-state index >= 15 is 0 Å². The Morgan fingerprint density at radius 3 is 2.85 bits per heavy atom. The first kappa shape index (κ1) is 13.4. The zero-order valence-corrected chi connectivity index (χ0v) is 12.2. The van der Waals surface area contributed by atoms with Crippen molar-refractivity contribution in [1.29, 1.82) is 0 Å². The van der Waals surface area contributed by atoms with Gasteiger partial charge in [0.1, 0.15) is 0 Å². The molecule has 0 aliphatic carbocycles. The molecule has 0 radical (unpaired) electrons. The topological polar surface area (TPSA) is 50.6 Å². The first-order valence-electron chi connectivity index (χ1n) is 7.24. The van der Waals surface area contributed by atoms with Gasteiger partial charge in [-0.15, -0.1) is 0 Å². The maximum absolute atomic E-state index is 12.6. The van der Waals surface area contributed by atoms with Gasteiger partial charge in [-0.1, -0.05) is 0 Å². The summed E-state index contributed by atoms with van der Waals surface area (Å²) < 4.78 is 7.24. The predicted molar refractivity (Wildman–Crippen MR) is 74.4 cm³/mol. The molecule has 1 saturated heterocycles. The Balaban J connectivity index is 1.80. The number of carbonyl (C=O) groups excluding carboxylic acids is 1. The van der Waals surface area contributed by atoms with Gasteiger partial charge < -0.3 is 14.5 Å². The van der Waals surface area contributed by atoms with E-state index in [1.807, 2.05) is 27.7 Å². The number of methoxy groups -OCH3 is 1. The molecular weight excluding hydrogens is 256 g/mol. The van der Waals surface area contributed by atoms with Crippen LogP contribution in [0.3, 0.4) is 0 Å². The monoisotopic (exact) mass is 278 g/mol. The molecule has 2 aliphatic rings. The van der Waals surface area contributed by atoms with E-state index in [2.05, 4.69) is 5.10 Å². The number of rotatable bonds is 2.